The van der Waals surface area contributed by atoms with Crippen LogP contribution in [0.3, 0.4) is 0 Å². The van der Waals surface area contributed by atoms with Crippen LogP contribution in [0, 0.1) is 5.92 Å². The molecule has 0 spiro atoms. The van der Waals surface area contributed by atoms with E-state index in [1.165, 1.54) is 17.0 Å². The summed E-state index contributed by atoms with van der Waals surface area (Å²) in [5.41, 5.74) is 1.97. The van der Waals surface area contributed by atoms with Gasteiger partial charge in [0.2, 0.25) is 11.8 Å². The van der Waals surface area contributed by atoms with Crippen LogP contribution < -0.4 is 14.4 Å². The maximum Gasteiger partial charge on any atom is 0.264 e. The molecule has 0 fully saturated rings. The van der Waals surface area contributed by atoms with E-state index in [4.69, 9.17) is 4.74 Å². The SMILES string of the molecule is CC(C)CNC(=O)[C@H](Cc1ccccc1)N(Cc1ccccc1)C(=O)CN(c1ccc(Oc2ccccc2)cc1)S(=O)(=O)c1ccccc1. The third kappa shape index (κ3) is 9.58. The Kier molecular flexibility index (Phi) is 11.8. The van der Waals surface area contributed by atoms with Crippen molar-refractivity contribution in [2.75, 3.05) is 17.4 Å². The first-order chi connectivity index (χ1) is 23.7. The standard InChI is InChI=1S/C40H41N3O5S/c1-31(2)28-41-40(45)38(27-32-15-7-3-8-16-32)42(29-33-17-9-4-10-18-33)39(44)30-43(49(46,47)37-21-13-6-14-22-37)34-23-25-36(26-24-34)48-35-19-11-5-12-20-35/h3-26,31,38H,27-30H2,1-2H3,(H,41,45)/t38-/m0/s1. The number of hydrogen-bond donors (Lipinski definition) is 1. The highest BCUT2D eigenvalue weighted by atomic mass is 32.2. The van der Waals surface area contributed by atoms with Crippen LogP contribution in [0.1, 0.15) is 25.0 Å². The summed E-state index contributed by atoms with van der Waals surface area (Å²) in [6.07, 6.45) is 0.250. The van der Waals surface area contributed by atoms with Gasteiger partial charge in [0.15, 0.2) is 0 Å². The van der Waals surface area contributed by atoms with Gasteiger partial charge in [-0.2, -0.15) is 0 Å². The number of para-hydroxylation sites is 1. The van der Waals surface area contributed by atoms with E-state index in [2.05, 4.69) is 5.32 Å². The number of carbonyl (C=O) groups excluding carboxylic acids is 2. The minimum absolute atomic E-state index is 0.0394. The van der Waals surface area contributed by atoms with Gasteiger partial charge in [-0.15, -0.1) is 0 Å². The Morgan fingerprint density at radius 1 is 0.673 bits per heavy atom. The topological polar surface area (TPSA) is 96.0 Å². The number of sulfonamides is 1. The molecule has 5 aromatic carbocycles. The molecule has 0 bridgehead atoms. The smallest absolute Gasteiger partial charge is 0.264 e. The monoisotopic (exact) mass is 675 g/mol. The third-order valence-corrected chi connectivity index (χ3v) is 9.65. The summed E-state index contributed by atoms with van der Waals surface area (Å²) in [7, 11) is -4.21. The van der Waals surface area contributed by atoms with Crippen LogP contribution >= 0.6 is 0 Å². The van der Waals surface area contributed by atoms with Crippen molar-refractivity contribution in [3.05, 3.63) is 157 Å². The molecule has 0 heterocycles. The maximum absolute atomic E-state index is 14.6. The van der Waals surface area contributed by atoms with Crippen LogP contribution in [0.5, 0.6) is 11.5 Å². The molecule has 0 aliphatic carbocycles. The molecule has 5 aromatic rings. The number of carbonyl (C=O) groups is 2. The Labute approximate surface area is 289 Å². The van der Waals surface area contributed by atoms with Gasteiger partial charge in [-0.05, 0) is 65.6 Å². The molecule has 0 saturated heterocycles. The summed E-state index contributed by atoms with van der Waals surface area (Å²) < 4.78 is 35.5. The zero-order chi connectivity index (χ0) is 34.6. The fraction of sp³-hybridized carbons (Fsp3) is 0.200. The molecule has 8 nitrogen and oxygen atoms in total. The molecule has 0 aliphatic heterocycles. The molecule has 49 heavy (non-hydrogen) atoms. The number of nitrogens with one attached hydrogen (secondary N) is 1. The van der Waals surface area contributed by atoms with Crippen molar-refractivity contribution in [1.29, 1.82) is 0 Å². The van der Waals surface area contributed by atoms with Crippen LogP contribution in [0.2, 0.25) is 0 Å². The zero-order valence-corrected chi connectivity index (χ0v) is 28.5. The quantitative estimate of drug-likeness (QED) is 0.128. The Morgan fingerprint density at radius 3 is 1.76 bits per heavy atom. The lowest BCUT2D eigenvalue weighted by atomic mass is 10.0. The third-order valence-electron chi connectivity index (χ3n) is 7.87. The second-order valence-corrected chi connectivity index (χ2v) is 13.9. The zero-order valence-electron chi connectivity index (χ0n) is 27.7. The molecule has 1 atom stereocenters. The molecule has 0 radical (unpaired) electrons. The highest BCUT2D eigenvalue weighted by Crippen LogP contribution is 2.29. The molecule has 9 heteroatoms. The molecular formula is C40H41N3O5S. The number of anilines is 1. The Bertz CT molecular complexity index is 1890. The van der Waals surface area contributed by atoms with Crippen LogP contribution in [-0.4, -0.2) is 44.3 Å². The van der Waals surface area contributed by atoms with E-state index < -0.39 is 28.5 Å². The Balaban J connectivity index is 1.53. The van der Waals surface area contributed by atoms with Gasteiger partial charge in [-0.3, -0.25) is 13.9 Å². The van der Waals surface area contributed by atoms with Gasteiger partial charge >= 0.3 is 0 Å². The molecule has 1 N–H and O–H groups in total. The van der Waals surface area contributed by atoms with Crippen molar-refractivity contribution in [1.82, 2.24) is 10.2 Å². The molecule has 252 valence electrons. The van der Waals surface area contributed by atoms with Crippen molar-refractivity contribution in [2.45, 2.75) is 37.8 Å². The minimum atomic E-state index is -4.21. The number of benzene rings is 5. The first-order valence-electron chi connectivity index (χ1n) is 16.3. The van der Waals surface area contributed by atoms with Gasteiger partial charge in [0.25, 0.3) is 10.0 Å². The maximum atomic E-state index is 14.6. The van der Waals surface area contributed by atoms with Gasteiger partial charge in [0.05, 0.1) is 10.6 Å². The van der Waals surface area contributed by atoms with Gasteiger partial charge in [0.1, 0.15) is 24.1 Å². The Morgan fingerprint density at radius 2 is 1.18 bits per heavy atom. The van der Waals surface area contributed by atoms with Crippen molar-refractivity contribution in [3.63, 3.8) is 0 Å². The van der Waals surface area contributed by atoms with Crippen molar-refractivity contribution >= 4 is 27.5 Å². The van der Waals surface area contributed by atoms with Crippen LogP contribution in [0.15, 0.2) is 150 Å². The average molecular weight is 676 g/mol. The highest BCUT2D eigenvalue weighted by molar-refractivity contribution is 7.92. The molecule has 0 unspecified atom stereocenters. The lowest BCUT2D eigenvalue weighted by Crippen LogP contribution is -2.53. The second kappa shape index (κ2) is 16.6. The van der Waals surface area contributed by atoms with Gasteiger partial charge < -0.3 is 15.0 Å². The first kappa shape index (κ1) is 34.9. The molecular weight excluding hydrogens is 635 g/mol. The molecule has 5 rings (SSSR count). The largest absolute Gasteiger partial charge is 0.457 e. The fourth-order valence-corrected chi connectivity index (χ4v) is 6.75. The molecule has 0 aromatic heterocycles. The number of rotatable bonds is 15. The van der Waals surface area contributed by atoms with Gasteiger partial charge in [0, 0.05) is 19.5 Å². The molecule has 0 saturated carbocycles. The predicted molar refractivity (Wildman–Crippen MR) is 193 cm³/mol. The molecule has 0 aliphatic rings. The summed E-state index contributed by atoms with van der Waals surface area (Å²) in [6.45, 7) is 4.01. The van der Waals surface area contributed by atoms with Crippen LogP contribution in [-0.2, 0) is 32.6 Å². The van der Waals surface area contributed by atoms with Crippen molar-refractivity contribution in [2.24, 2.45) is 5.92 Å². The van der Waals surface area contributed by atoms with E-state index in [0.29, 0.717) is 18.0 Å². The van der Waals surface area contributed by atoms with E-state index in [1.807, 2.05) is 105 Å². The predicted octanol–water partition coefficient (Wildman–Crippen LogP) is 7.09. The Hall–Kier alpha value is -5.41. The number of nitrogens with zero attached hydrogens (tertiary/aromatic N) is 2. The van der Waals surface area contributed by atoms with E-state index in [1.54, 1.807) is 42.5 Å². The van der Waals surface area contributed by atoms with Gasteiger partial charge in [-0.1, -0.05) is 111 Å². The fourth-order valence-electron chi connectivity index (χ4n) is 5.31. The van der Waals surface area contributed by atoms with Gasteiger partial charge in [-0.25, -0.2) is 8.42 Å². The number of amides is 2. The van der Waals surface area contributed by atoms with Crippen LogP contribution in [0.4, 0.5) is 5.69 Å². The lowest BCUT2D eigenvalue weighted by Gasteiger charge is -2.34. The minimum Gasteiger partial charge on any atom is -0.457 e. The number of hydrogen-bond acceptors (Lipinski definition) is 5. The normalized spacial score (nSPS) is 11.8. The highest BCUT2D eigenvalue weighted by Gasteiger charge is 2.34. The summed E-state index contributed by atoms with van der Waals surface area (Å²) in [4.78, 5) is 30.0. The summed E-state index contributed by atoms with van der Waals surface area (Å²) >= 11 is 0. The summed E-state index contributed by atoms with van der Waals surface area (Å²) in [5, 5.41) is 3.01. The number of ether oxygens (including phenoxy) is 1. The van der Waals surface area contributed by atoms with E-state index in [9.17, 15) is 18.0 Å². The van der Waals surface area contributed by atoms with E-state index >= 15 is 0 Å². The van der Waals surface area contributed by atoms with Crippen molar-refractivity contribution in [3.8, 4) is 11.5 Å². The summed E-state index contributed by atoms with van der Waals surface area (Å²) in [6, 6.07) is 41.8. The van der Waals surface area contributed by atoms with Crippen LogP contribution in [0.25, 0.3) is 0 Å². The second-order valence-electron chi connectivity index (χ2n) is 12.1. The average Bonchev–Trinajstić information content (AvgIpc) is 3.13. The van der Waals surface area contributed by atoms with Crippen molar-refractivity contribution < 1.29 is 22.7 Å². The summed E-state index contributed by atoms with van der Waals surface area (Å²) in [5.74, 6) is 0.514. The van der Waals surface area contributed by atoms with E-state index in [-0.39, 0.29) is 35.4 Å². The van der Waals surface area contributed by atoms with E-state index in [0.717, 1.165) is 15.4 Å². The first-order valence-corrected chi connectivity index (χ1v) is 17.7. The molecule has 2 amide bonds. The lowest BCUT2D eigenvalue weighted by molar-refractivity contribution is -0.140.